The highest BCUT2D eigenvalue weighted by Gasteiger charge is 2.53. The summed E-state index contributed by atoms with van der Waals surface area (Å²) in [5, 5.41) is 0.265. The van der Waals surface area contributed by atoms with E-state index in [-0.39, 0.29) is 20.4 Å². The van der Waals surface area contributed by atoms with E-state index in [1.165, 1.54) is 25.0 Å². The van der Waals surface area contributed by atoms with Crippen LogP contribution < -0.4 is 4.72 Å². The summed E-state index contributed by atoms with van der Waals surface area (Å²) in [6.45, 7) is 0.489. The third kappa shape index (κ3) is 2.88. The van der Waals surface area contributed by atoms with Gasteiger partial charge in [0.1, 0.15) is 4.90 Å². The smallest absolute Gasteiger partial charge is 0.210 e. The average molecular weight is 399 g/mol. The van der Waals surface area contributed by atoms with Crippen LogP contribution in [0.3, 0.4) is 0 Å². The maximum absolute atomic E-state index is 12.4. The lowest BCUT2D eigenvalue weighted by molar-refractivity contribution is 0.432. The molecule has 3 nitrogen and oxygen atoms in total. The molecule has 1 aromatic carbocycles. The van der Waals surface area contributed by atoms with Gasteiger partial charge in [0.25, 0.3) is 0 Å². The van der Waals surface area contributed by atoms with Gasteiger partial charge in [0.2, 0.25) is 10.0 Å². The van der Waals surface area contributed by atoms with Gasteiger partial charge in [-0.05, 0) is 49.1 Å². The number of rotatable bonds is 5. The van der Waals surface area contributed by atoms with Gasteiger partial charge in [-0.15, -0.1) is 0 Å². The Bertz CT molecular complexity index is 631. The molecule has 0 amide bonds. The maximum Gasteiger partial charge on any atom is 0.243 e. The molecule has 20 heavy (non-hydrogen) atoms. The van der Waals surface area contributed by atoms with Crippen molar-refractivity contribution in [3.63, 3.8) is 0 Å². The van der Waals surface area contributed by atoms with Gasteiger partial charge in [-0.3, -0.25) is 0 Å². The number of sulfonamides is 1. The van der Waals surface area contributed by atoms with Crippen molar-refractivity contribution in [2.45, 2.75) is 30.6 Å². The lowest BCUT2D eigenvalue weighted by Crippen LogP contribution is -2.31. The van der Waals surface area contributed by atoms with Crippen LogP contribution >= 0.6 is 39.1 Å². The fourth-order valence-corrected chi connectivity index (χ4v) is 5.75. The molecule has 2 aliphatic rings. The van der Waals surface area contributed by atoms with Crippen molar-refractivity contribution in [3.05, 3.63) is 26.7 Å². The van der Waals surface area contributed by atoms with Gasteiger partial charge >= 0.3 is 0 Å². The zero-order valence-corrected chi connectivity index (χ0v) is 14.5. The molecular formula is C13H14BrCl2NO2S. The molecule has 0 heterocycles. The van der Waals surface area contributed by atoms with E-state index in [1.807, 2.05) is 0 Å². The van der Waals surface area contributed by atoms with Crippen molar-refractivity contribution in [1.82, 2.24) is 4.72 Å². The molecule has 3 rings (SSSR count). The van der Waals surface area contributed by atoms with E-state index in [0.717, 1.165) is 12.8 Å². The van der Waals surface area contributed by atoms with Gasteiger partial charge in [-0.1, -0.05) is 39.1 Å². The summed E-state index contributed by atoms with van der Waals surface area (Å²) in [6.07, 6.45) is 4.67. The minimum absolute atomic E-state index is 0.0318. The predicted octanol–water partition coefficient (Wildman–Crippen LogP) is 4.22. The van der Waals surface area contributed by atoms with E-state index in [9.17, 15) is 8.42 Å². The molecule has 1 N–H and O–H groups in total. The predicted molar refractivity (Wildman–Crippen MR) is 83.7 cm³/mol. The summed E-state index contributed by atoms with van der Waals surface area (Å²) in [5.74, 6) is 0.695. The van der Waals surface area contributed by atoms with E-state index in [4.69, 9.17) is 23.2 Å². The molecule has 2 aliphatic carbocycles. The summed E-state index contributed by atoms with van der Waals surface area (Å²) < 4.78 is 28.2. The quantitative estimate of drug-likeness (QED) is 0.806. The van der Waals surface area contributed by atoms with Crippen LogP contribution in [0.1, 0.15) is 25.7 Å². The van der Waals surface area contributed by atoms with Gasteiger partial charge in [0.05, 0.1) is 10.0 Å². The summed E-state index contributed by atoms with van der Waals surface area (Å²) in [5.41, 5.74) is 0.196. The molecule has 0 unspecified atom stereocenters. The molecule has 7 heteroatoms. The molecular weight excluding hydrogens is 385 g/mol. The first-order valence-corrected chi connectivity index (χ1v) is 9.51. The third-order valence-electron chi connectivity index (χ3n) is 4.18. The maximum atomic E-state index is 12.4. The average Bonchev–Trinajstić information content (AvgIpc) is 3.18. The summed E-state index contributed by atoms with van der Waals surface area (Å²) >= 11 is 15.3. The Labute approximate surface area is 137 Å². The van der Waals surface area contributed by atoms with Crippen LogP contribution in [-0.2, 0) is 10.0 Å². The molecule has 0 bridgehead atoms. The molecule has 0 aromatic heterocycles. The second kappa shape index (κ2) is 5.13. The third-order valence-corrected chi connectivity index (χ3v) is 6.96. The Morgan fingerprint density at radius 2 is 1.80 bits per heavy atom. The zero-order valence-electron chi connectivity index (χ0n) is 10.6. The Balaban J connectivity index is 1.81. The van der Waals surface area contributed by atoms with Crippen LogP contribution in [0.4, 0.5) is 0 Å². The minimum atomic E-state index is -3.67. The van der Waals surface area contributed by atoms with Gasteiger partial charge < -0.3 is 0 Å². The fraction of sp³-hybridized carbons (Fsp3) is 0.538. The molecule has 0 radical (unpaired) electrons. The molecule has 1 aromatic rings. The normalized spacial score (nSPS) is 20.9. The lowest BCUT2D eigenvalue weighted by Gasteiger charge is -2.16. The van der Waals surface area contributed by atoms with E-state index in [2.05, 4.69) is 20.7 Å². The topological polar surface area (TPSA) is 46.2 Å². The van der Waals surface area contributed by atoms with Crippen LogP contribution in [0.5, 0.6) is 0 Å². The van der Waals surface area contributed by atoms with Gasteiger partial charge in [-0.25, -0.2) is 13.1 Å². The van der Waals surface area contributed by atoms with Crippen molar-refractivity contribution in [1.29, 1.82) is 0 Å². The van der Waals surface area contributed by atoms with Gasteiger partial charge in [0, 0.05) is 11.0 Å². The summed E-state index contributed by atoms with van der Waals surface area (Å²) in [6, 6.07) is 3.07. The number of halogens is 3. The van der Waals surface area contributed by atoms with Crippen LogP contribution in [0, 0.1) is 11.3 Å². The minimum Gasteiger partial charge on any atom is -0.210 e. The molecule has 2 saturated carbocycles. The monoisotopic (exact) mass is 397 g/mol. The number of hydrogen-bond donors (Lipinski definition) is 1. The molecule has 2 fully saturated rings. The van der Waals surface area contributed by atoms with Crippen LogP contribution in [0.25, 0.3) is 0 Å². The van der Waals surface area contributed by atoms with E-state index in [1.54, 1.807) is 0 Å². The second-order valence-electron chi connectivity index (χ2n) is 5.66. The van der Waals surface area contributed by atoms with Crippen LogP contribution in [-0.4, -0.2) is 15.0 Å². The molecule has 0 spiro atoms. The summed E-state index contributed by atoms with van der Waals surface area (Å²) in [4.78, 5) is -0.0318. The van der Waals surface area contributed by atoms with Gasteiger partial charge in [0.15, 0.2) is 0 Å². The highest BCUT2D eigenvalue weighted by atomic mass is 79.9. The number of hydrogen-bond acceptors (Lipinski definition) is 2. The van der Waals surface area contributed by atoms with Crippen molar-refractivity contribution >= 4 is 49.2 Å². The van der Waals surface area contributed by atoms with Crippen LogP contribution in [0.15, 0.2) is 21.5 Å². The van der Waals surface area contributed by atoms with Crippen molar-refractivity contribution in [2.75, 3.05) is 6.54 Å². The SMILES string of the molecule is O=S(=O)(NCC1(C2CC2)CC1)c1c(Cl)cc(Br)cc1Cl. The molecule has 110 valence electrons. The van der Waals surface area contributed by atoms with Gasteiger partial charge in [-0.2, -0.15) is 0 Å². The van der Waals surface area contributed by atoms with E-state index >= 15 is 0 Å². The fourth-order valence-electron chi connectivity index (χ4n) is 2.68. The van der Waals surface area contributed by atoms with Crippen molar-refractivity contribution < 1.29 is 8.42 Å². The highest BCUT2D eigenvalue weighted by molar-refractivity contribution is 9.10. The molecule has 0 atom stereocenters. The van der Waals surface area contributed by atoms with E-state index < -0.39 is 10.0 Å². The first kappa shape index (κ1) is 15.1. The van der Waals surface area contributed by atoms with Crippen LogP contribution in [0.2, 0.25) is 10.0 Å². The first-order chi connectivity index (χ1) is 9.34. The molecule has 0 saturated heterocycles. The summed E-state index contributed by atoms with van der Waals surface area (Å²) in [7, 11) is -3.67. The zero-order chi connectivity index (χ0) is 14.5. The van der Waals surface area contributed by atoms with Crippen molar-refractivity contribution in [3.8, 4) is 0 Å². The Morgan fingerprint density at radius 1 is 1.25 bits per heavy atom. The second-order valence-corrected chi connectivity index (χ2v) is 9.09. The standard InChI is InChI=1S/C13H14BrCl2NO2S/c14-9-5-10(15)12(11(16)6-9)20(18,19)17-7-13(3-4-13)8-1-2-8/h5-6,8,17H,1-4,7H2. The Morgan fingerprint density at radius 3 is 2.25 bits per heavy atom. The Hall–Kier alpha value is 0.190. The molecule has 0 aliphatic heterocycles. The first-order valence-electron chi connectivity index (χ1n) is 6.48. The Kier molecular flexibility index (Phi) is 3.87. The lowest BCUT2D eigenvalue weighted by atomic mass is 10.0. The largest absolute Gasteiger partial charge is 0.243 e. The van der Waals surface area contributed by atoms with Crippen molar-refractivity contribution in [2.24, 2.45) is 11.3 Å². The number of benzene rings is 1. The highest BCUT2D eigenvalue weighted by Crippen LogP contribution is 2.60. The number of nitrogens with one attached hydrogen (secondary N) is 1. The van der Waals surface area contributed by atoms with E-state index in [0.29, 0.717) is 16.9 Å².